The molecule has 4 nitrogen and oxygen atoms in total. The third-order valence-corrected chi connectivity index (χ3v) is 12.1. The highest BCUT2D eigenvalue weighted by Crippen LogP contribution is 2.40. The van der Waals surface area contributed by atoms with Gasteiger partial charge >= 0.3 is 0 Å². The molecule has 10 aromatic carbocycles. The van der Waals surface area contributed by atoms with Crippen molar-refractivity contribution < 1.29 is 0 Å². The molecule has 2 heterocycles. The summed E-state index contributed by atoms with van der Waals surface area (Å²) in [5.41, 5.74) is 11.0. The van der Waals surface area contributed by atoms with Crippen LogP contribution in [0.4, 0.5) is 0 Å². The van der Waals surface area contributed by atoms with E-state index in [1.807, 2.05) is 30.3 Å². The molecule has 0 spiro atoms. The Morgan fingerprint density at radius 2 is 0.705 bits per heavy atom. The highest BCUT2D eigenvalue weighted by atomic mass is 15.0. The number of aromatic nitrogens is 4. The molecule has 0 bridgehead atoms. The van der Waals surface area contributed by atoms with Crippen molar-refractivity contribution in [1.29, 1.82) is 0 Å². The second-order valence-corrected chi connectivity index (χ2v) is 15.6. The van der Waals surface area contributed by atoms with Crippen LogP contribution in [-0.4, -0.2) is 19.5 Å². The number of hydrogen-bond donors (Lipinski definition) is 0. The lowest BCUT2D eigenvalue weighted by molar-refractivity contribution is 1.07. The van der Waals surface area contributed by atoms with Crippen molar-refractivity contribution in [3.63, 3.8) is 0 Å². The minimum absolute atomic E-state index is 0.631. The fourth-order valence-corrected chi connectivity index (χ4v) is 9.08. The zero-order chi connectivity index (χ0) is 40.3. The van der Waals surface area contributed by atoms with Crippen molar-refractivity contribution in [3.05, 3.63) is 218 Å². The summed E-state index contributed by atoms with van der Waals surface area (Å²) in [6.07, 6.45) is 0. The number of fused-ring (bicyclic) bond motifs is 7. The van der Waals surface area contributed by atoms with Crippen molar-refractivity contribution in [2.45, 2.75) is 0 Å². The summed E-state index contributed by atoms with van der Waals surface area (Å²) in [6.45, 7) is 0. The van der Waals surface area contributed by atoms with Gasteiger partial charge in [-0.05, 0) is 97.0 Å². The standard InChI is InChI=1S/C57H36N4/c1-2-13-41(14-3-1)55-58-56(60-57(59-55)43-30-33-45(34-31-43)61-52-20-10-8-18-48(52)49-19-9-11-21-53(49)61)42-28-24-38(25-29-42)37-22-26-40(27-23-37)54-47-17-7-5-15-44(47)36-51-46-16-6-4-12-39(46)32-35-50(51)54/h1-36H. The van der Waals surface area contributed by atoms with Crippen LogP contribution in [0, 0.1) is 0 Å². The van der Waals surface area contributed by atoms with E-state index in [9.17, 15) is 0 Å². The lowest BCUT2D eigenvalue weighted by Crippen LogP contribution is -2.00. The number of nitrogens with zero attached hydrogens (tertiary/aromatic N) is 4. The largest absolute Gasteiger partial charge is 0.309 e. The summed E-state index contributed by atoms with van der Waals surface area (Å²) >= 11 is 0. The van der Waals surface area contributed by atoms with Crippen LogP contribution in [0.5, 0.6) is 0 Å². The zero-order valence-corrected chi connectivity index (χ0v) is 33.1. The van der Waals surface area contributed by atoms with Gasteiger partial charge < -0.3 is 4.57 Å². The van der Waals surface area contributed by atoms with Gasteiger partial charge in [-0.25, -0.2) is 15.0 Å². The topological polar surface area (TPSA) is 43.6 Å². The molecular formula is C57H36N4. The lowest BCUT2D eigenvalue weighted by atomic mass is 9.89. The maximum Gasteiger partial charge on any atom is 0.164 e. The van der Waals surface area contributed by atoms with E-state index < -0.39 is 0 Å². The Morgan fingerprint density at radius 1 is 0.262 bits per heavy atom. The molecule has 2 aromatic heterocycles. The summed E-state index contributed by atoms with van der Waals surface area (Å²) in [6, 6.07) is 77.6. The van der Waals surface area contributed by atoms with Crippen LogP contribution in [-0.2, 0) is 0 Å². The van der Waals surface area contributed by atoms with Gasteiger partial charge in [0.2, 0.25) is 0 Å². The van der Waals surface area contributed by atoms with Crippen LogP contribution in [0.2, 0.25) is 0 Å². The number of para-hydroxylation sites is 2. The molecule has 0 aliphatic rings. The number of rotatable bonds is 6. The Labute approximate surface area is 352 Å². The predicted octanol–water partition coefficient (Wildman–Crippen LogP) is 14.8. The molecule has 0 aliphatic carbocycles. The van der Waals surface area contributed by atoms with Gasteiger partial charge in [0.15, 0.2) is 17.5 Å². The van der Waals surface area contributed by atoms with Crippen LogP contribution in [0.15, 0.2) is 218 Å². The highest BCUT2D eigenvalue weighted by Gasteiger charge is 2.16. The first-order valence-electron chi connectivity index (χ1n) is 20.7. The molecule has 0 radical (unpaired) electrons. The normalized spacial score (nSPS) is 11.6. The van der Waals surface area contributed by atoms with Gasteiger partial charge in [0.25, 0.3) is 0 Å². The SMILES string of the molecule is c1ccc(-c2nc(-c3ccc(-c4ccc(-c5c6ccccc6cc6c5ccc5ccccc56)cc4)cc3)nc(-c3ccc(-n4c5ccccc5c5ccccc54)cc3)n2)cc1. The molecular weight excluding hydrogens is 741 g/mol. The Bertz CT molecular complexity index is 3550. The minimum Gasteiger partial charge on any atom is -0.309 e. The Morgan fingerprint density at radius 3 is 1.31 bits per heavy atom. The summed E-state index contributed by atoms with van der Waals surface area (Å²) in [5, 5.41) is 10.1. The highest BCUT2D eigenvalue weighted by molar-refractivity contribution is 6.20. The van der Waals surface area contributed by atoms with Gasteiger partial charge in [-0.3, -0.25) is 0 Å². The van der Waals surface area contributed by atoms with E-state index in [1.54, 1.807) is 0 Å². The fourth-order valence-electron chi connectivity index (χ4n) is 9.08. The first-order chi connectivity index (χ1) is 30.2. The molecule has 0 atom stereocenters. The van der Waals surface area contributed by atoms with Gasteiger partial charge in [-0.1, -0.05) is 176 Å². The van der Waals surface area contributed by atoms with E-state index in [4.69, 9.17) is 15.0 Å². The molecule has 0 unspecified atom stereocenters. The maximum absolute atomic E-state index is 5.08. The first-order valence-corrected chi connectivity index (χ1v) is 20.7. The zero-order valence-electron chi connectivity index (χ0n) is 33.1. The summed E-state index contributed by atoms with van der Waals surface area (Å²) in [5.74, 6) is 1.90. The molecule has 12 aromatic rings. The molecule has 0 saturated carbocycles. The number of benzene rings is 10. The van der Waals surface area contributed by atoms with Crippen molar-refractivity contribution in [2.24, 2.45) is 0 Å². The van der Waals surface area contributed by atoms with Crippen molar-refractivity contribution >= 4 is 54.1 Å². The van der Waals surface area contributed by atoms with E-state index in [1.165, 1.54) is 65.3 Å². The average molecular weight is 777 g/mol. The maximum atomic E-state index is 5.08. The fraction of sp³-hybridized carbons (Fsp3) is 0. The van der Waals surface area contributed by atoms with E-state index >= 15 is 0 Å². The molecule has 12 rings (SSSR count). The van der Waals surface area contributed by atoms with E-state index in [2.05, 4.69) is 193 Å². The molecule has 0 amide bonds. The first kappa shape index (κ1) is 34.8. The van der Waals surface area contributed by atoms with E-state index in [-0.39, 0.29) is 0 Å². The van der Waals surface area contributed by atoms with E-state index in [0.29, 0.717) is 17.5 Å². The van der Waals surface area contributed by atoms with Crippen molar-refractivity contribution in [1.82, 2.24) is 19.5 Å². The van der Waals surface area contributed by atoms with Gasteiger partial charge in [-0.15, -0.1) is 0 Å². The molecule has 0 fully saturated rings. The molecule has 61 heavy (non-hydrogen) atoms. The summed E-state index contributed by atoms with van der Waals surface area (Å²) < 4.78 is 2.32. The monoisotopic (exact) mass is 776 g/mol. The molecule has 0 saturated heterocycles. The van der Waals surface area contributed by atoms with Gasteiger partial charge in [0.1, 0.15) is 0 Å². The van der Waals surface area contributed by atoms with Gasteiger partial charge in [0, 0.05) is 33.2 Å². The second-order valence-electron chi connectivity index (χ2n) is 15.6. The van der Waals surface area contributed by atoms with Crippen molar-refractivity contribution in [3.8, 4) is 62.1 Å². The predicted molar refractivity (Wildman–Crippen MR) is 254 cm³/mol. The quantitative estimate of drug-likeness (QED) is 0.125. The van der Waals surface area contributed by atoms with Crippen LogP contribution in [0.25, 0.3) is 116 Å². The number of hydrogen-bond acceptors (Lipinski definition) is 3. The van der Waals surface area contributed by atoms with Crippen molar-refractivity contribution in [2.75, 3.05) is 0 Å². The van der Waals surface area contributed by atoms with Crippen LogP contribution >= 0.6 is 0 Å². The summed E-state index contributed by atoms with van der Waals surface area (Å²) in [4.78, 5) is 15.1. The van der Waals surface area contributed by atoms with Crippen LogP contribution in [0.1, 0.15) is 0 Å². The van der Waals surface area contributed by atoms with Crippen LogP contribution in [0.3, 0.4) is 0 Å². The smallest absolute Gasteiger partial charge is 0.164 e. The molecule has 284 valence electrons. The second kappa shape index (κ2) is 14.3. The Balaban J connectivity index is 0.895. The minimum atomic E-state index is 0.631. The van der Waals surface area contributed by atoms with Gasteiger partial charge in [0.05, 0.1) is 11.0 Å². The third-order valence-electron chi connectivity index (χ3n) is 12.1. The van der Waals surface area contributed by atoms with E-state index in [0.717, 1.165) is 33.5 Å². The molecule has 4 heteroatoms. The molecule has 0 aliphatic heterocycles. The Hall–Kier alpha value is -8.21. The van der Waals surface area contributed by atoms with Crippen LogP contribution < -0.4 is 0 Å². The summed E-state index contributed by atoms with van der Waals surface area (Å²) in [7, 11) is 0. The molecule has 0 N–H and O–H groups in total. The third kappa shape index (κ3) is 5.96. The lowest BCUT2D eigenvalue weighted by Gasteiger charge is -2.14. The average Bonchev–Trinajstić information content (AvgIpc) is 3.68. The van der Waals surface area contributed by atoms with Gasteiger partial charge in [-0.2, -0.15) is 0 Å². The Kier molecular flexibility index (Phi) is 8.13.